The van der Waals surface area contributed by atoms with Crippen molar-refractivity contribution in [2.75, 3.05) is 6.54 Å². The minimum absolute atomic E-state index is 0.0470. The zero-order valence-corrected chi connectivity index (χ0v) is 16.6. The number of aliphatic hydroxyl groups excluding tert-OH is 1. The molecule has 4 nitrogen and oxygen atoms in total. The molecular weight excluding hydrogens is 338 g/mol. The zero-order valence-electron chi connectivity index (χ0n) is 16.6. The molecule has 0 amide bonds. The van der Waals surface area contributed by atoms with Gasteiger partial charge in [0.05, 0.1) is 0 Å². The monoisotopic (exact) mass is 371 g/mol. The Morgan fingerprint density at radius 2 is 1.26 bits per heavy atom. The van der Waals surface area contributed by atoms with Crippen LogP contribution in [0.3, 0.4) is 0 Å². The van der Waals surface area contributed by atoms with Crippen LogP contribution in [-0.4, -0.2) is 23.2 Å². The standard InChI is InChI=1S/C23H33NO3/c1-2-3-4-5-6-7-8-9-10-11-14-17-24-20-21(25)18-15-12-13-16-19(18)22(26)23(20)27/h12-13,15-16,24-25H,2-11,14,17H2,1H3. The van der Waals surface area contributed by atoms with Gasteiger partial charge < -0.3 is 10.4 Å². The summed E-state index contributed by atoms with van der Waals surface area (Å²) in [6, 6.07) is 6.69. The summed E-state index contributed by atoms with van der Waals surface area (Å²) in [5.74, 6) is -1.31. The Balaban J connectivity index is 1.63. The highest BCUT2D eigenvalue weighted by Gasteiger charge is 2.32. The molecular formula is C23H33NO3. The summed E-state index contributed by atoms with van der Waals surface area (Å²) in [6.07, 6.45) is 13.9. The van der Waals surface area contributed by atoms with Crippen molar-refractivity contribution >= 4 is 17.3 Å². The first-order chi connectivity index (χ1) is 13.2. The smallest absolute Gasteiger partial charge is 0.253 e. The van der Waals surface area contributed by atoms with E-state index in [1.54, 1.807) is 24.3 Å². The van der Waals surface area contributed by atoms with E-state index in [1.807, 2.05) is 0 Å². The second-order valence-corrected chi connectivity index (χ2v) is 7.39. The fourth-order valence-electron chi connectivity index (χ4n) is 3.53. The Morgan fingerprint density at radius 3 is 1.85 bits per heavy atom. The first-order valence-electron chi connectivity index (χ1n) is 10.5. The van der Waals surface area contributed by atoms with E-state index in [0.29, 0.717) is 12.1 Å². The molecule has 1 aliphatic carbocycles. The molecule has 0 aromatic heterocycles. The van der Waals surface area contributed by atoms with Gasteiger partial charge in [-0.2, -0.15) is 0 Å². The van der Waals surface area contributed by atoms with Crippen molar-refractivity contribution in [3.8, 4) is 0 Å². The summed E-state index contributed by atoms with van der Waals surface area (Å²) >= 11 is 0. The molecule has 2 N–H and O–H groups in total. The minimum Gasteiger partial charge on any atom is -0.505 e. The van der Waals surface area contributed by atoms with Crippen LogP contribution in [0.15, 0.2) is 30.0 Å². The average Bonchev–Trinajstić information content (AvgIpc) is 2.69. The van der Waals surface area contributed by atoms with Crippen LogP contribution >= 0.6 is 0 Å². The number of aliphatic hydroxyl groups is 1. The average molecular weight is 372 g/mol. The molecule has 148 valence electrons. The second kappa shape index (κ2) is 11.6. The van der Waals surface area contributed by atoms with Gasteiger partial charge in [0.2, 0.25) is 5.78 Å². The molecule has 0 saturated heterocycles. The van der Waals surface area contributed by atoms with Crippen molar-refractivity contribution in [1.82, 2.24) is 5.32 Å². The third-order valence-corrected chi connectivity index (χ3v) is 5.18. The number of carbonyl (C=O) groups excluding carboxylic acids is 2. The maximum Gasteiger partial charge on any atom is 0.253 e. The molecule has 0 atom stereocenters. The number of hydrogen-bond donors (Lipinski definition) is 2. The van der Waals surface area contributed by atoms with E-state index in [2.05, 4.69) is 12.2 Å². The van der Waals surface area contributed by atoms with Crippen molar-refractivity contribution in [2.45, 2.75) is 77.6 Å². The number of carbonyl (C=O) groups is 2. The van der Waals surface area contributed by atoms with Gasteiger partial charge in [-0.15, -0.1) is 0 Å². The van der Waals surface area contributed by atoms with Crippen molar-refractivity contribution < 1.29 is 14.7 Å². The number of hydrogen-bond acceptors (Lipinski definition) is 4. The highest BCUT2D eigenvalue weighted by molar-refractivity contribution is 6.52. The van der Waals surface area contributed by atoms with Gasteiger partial charge in [0, 0.05) is 17.7 Å². The van der Waals surface area contributed by atoms with Gasteiger partial charge in [-0.05, 0) is 6.42 Å². The highest BCUT2D eigenvalue weighted by atomic mass is 16.3. The maximum atomic E-state index is 12.2. The molecule has 0 saturated carbocycles. The van der Waals surface area contributed by atoms with Gasteiger partial charge in [-0.1, -0.05) is 95.4 Å². The van der Waals surface area contributed by atoms with E-state index < -0.39 is 11.6 Å². The van der Waals surface area contributed by atoms with Crippen molar-refractivity contribution in [3.05, 3.63) is 41.1 Å². The first-order valence-corrected chi connectivity index (χ1v) is 10.5. The maximum absolute atomic E-state index is 12.2. The second-order valence-electron chi connectivity index (χ2n) is 7.39. The normalized spacial score (nSPS) is 13.8. The quantitative estimate of drug-likeness (QED) is 0.351. The SMILES string of the molecule is CCCCCCCCCCCCCNC1=C(O)c2ccccc2C(=O)C1=O. The summed E-state index contributed by atoms with van der Waals surface area (Å²) in [4.78, 5) is 24.4. The Kier molecular flexibility index (Phi) is 9.09. The molecule has 1 aromatic carbocycles. The van der Waals surface area contributed by atoms with Crippen LogP contribution in [0.1, 0.15) is 93.5 Å². The van der Waals surface area contributed by atoms with Crippen LogP contribution < -0.4 is 5.32 Å². The third-order valence-electron chi connectivity index (χ3n) is 5.18. The van der Waals surface area contributed by atoms with E-state index in [4.69, 9.17) is 0 Å². The molecule has 4 heteroatoms. The Morgan fingerprint density at radius 1 is 0.741 bits per heavy atom. The van der Waals surface area contributed by atoms with E-state index in [9.17, 15) is 14.7 Å². The molecule has 0 bridgehead atoms. The van der Waals surface area contributed by atoms with Crippen LogP contribution in [0.4, 0.5) is 0 Å². The number of ketones is 2. The molecule has 0 aliphatic heterocycles. The third kappa shape index (κ3) is 6.23. The summed E-state index contributed by atoms with van der Waals surface area (Å²) in [6.45, 7) is 2.84. The molecule has 1 aliphatic rings. The van der Waals surface area contributed by atoms with E-state index >= 15 is 0 Å². The topological polar surface area (TPSA) is 66.4 Å². The van der Waals surface area contributed by atoms with Gasteiger partial charge >= 0.3 is 0 Å². The summed E-state index contributed by atoms with van der Waals surface area (Å²) in [7, 11) is 0. The first kappa shape index (κ1) is 21.2. The van der Waals surface area contributed by atoms with Crippen LogP contribution in [0, 0.1) is 0 Å². The summed E-state index contributed by atoms with van der Waals surface area (Å²) < 4.78 is 0. The number of allylic oxidation sites excluding steroid dienone is 1. The van der Waals surface area contributed by atoms with E-state index in [-0.39, 0.29) is 17.0 Å². The number of fused-ring (bicyclic) bond motifs is 1. The van der Waals surface area contributed by atoms with Crippen molar-refractivity contribution in [2.24, 2.45) is 0 Å². The Hall–Kier alpha value is -2.10. The lowest BCUT2D eigenvalue weighted by molar-refractivity contribution is -0.112. The lowest BCUT2D eigenvalue weighted by atomic mass is 9.91. The molecule has 0 heterocycles. The number of rotatable bonds is 13. The molecule has 0 radical (unpaired) electrons. The number of nitrogens with one attached hydrogen (secondary N) is 1. The van der Waals surface area contributed by atoms with Gasteiger partial charge in [-0.3, -0.25) is 9.59 Å². The Bertz CT molecular complexity index is 663. The van der Waals surface area contributed by atoms with Gasteiger partial charge in [0.25, 0.3) is 5.78 Å². The van der Waals surface area contributed by atoms with Gasteiger partial charge in [0.1, 0.15) is 5.70 Å². The molecule has 27 heavy (non-hydrogen) atoms. The minimum atomic E-state index is -0.644. The van der Waals surface area contributed by atoms with Crippen molar-refractivity contribution in [3.63, 3.8) is 0 Å². The van der Waals surface area contributed by atoms with Crippen LogP contribution in [0.25, 0.3) is 5.76 Å². The number of unbranched alkanes of at least 4 members (excludes halogenated alkanes) is 10. The summed E-state index contributed by atoms with van der Waals surface area (Å²) in [5, 5.41) is 13.3. The Labute approximate surface area is 163 Å². The van der Waals surface area contributed by atoms with Gasteiger partial charge in [-0.25, -0.2) is 0 Å². The zero-order chi connectivity index (χ0) is 19.5. The predicted molar refractivity (Wildman–Crippen MR) is 110 cm³/mol. The van der Waals surface area contributed by atoms with E-state index in [1.165, 1.54) is 57.8 Å². The fourth-order valence-corrected chi connectivity index (χ4v) is 3.53. The predicted octanol–water partition coefficient (Wildman–Crippen LogP) is 5.58. The lowest BCUT2D eigenvalue weighted by Gasteiger charge is -2.18. The van der Waals surface area contributed by atoms with Crippen LogP contribution in [0.2, 0.25) is 0 Å². The van der Waals surface area contributed by atoms with Gasteiger partial charge in [0.15, 0.2) is 5.76 Å². The summed E-state index contributed by atoms with van der Waals surface area (Å²) in [5.41, 5.74) is 0.759. The molecule has 0 fully saturated rings. The number of benzene rings is 1. The van der Waals surface area contributed by atoms with Crippen LogP contribution in [-0.2, 0) is 4.79 Å². The van der Waals surface area contributed by atoms with Crippen LogP contribution in [0.5, 0.6) is 0 Å². The fraction of sp³-hybridized carbons (Fsp3) is 0.565. The largest absolute Gasteiger partial charge is 0.505 e. The molecule has 1 aromatic rings. The molecule has 0 unspecified atom stereocenters. The highest BCUT2D eigenvalue weighted by Crippen LogP contribution is 2.26. The molecule has 0 spiro atoms. The lowest BCUT2D eigenvalue weighted by Crippen LogP contribution is -2.32. The van der Waals surface area contributed by atoms with Crippen molar-refractivity contribution in [1.29, 1.82) is 0 Å². The molecule has 2 rings (SSSR count). The number of Topliss-reactive ketones (excluding diaryl/α,β-unsaturated/α-hetero) is 2. The van der Waals surface area contributed by atoms with E-state index in [0.717, 1.165) is 12.8 Å².